The SMILES string of the molecule is CCCNC1CC(C)CCc2c1ccc1ccccc21. The van der Waals surface area contributed by atoms with E-state index in [0.29, 0.717) is 6.04 Å². The first-order valence-corrected chi connectivity index (χ1v) is 8.03. The Kier molecular flexibility index (Phi) is 4.07. The third-order valence-corrected chi connectivity index (χ3v) is 4.62. The zero-order chi connectivity index (χ0) is 13.9. The van der Waals surface area contributed by atoms with Crippen LogP contribution in [0.4, 0.5) is 0 Å². The van der Waals surface area contributed by atoms with E-state index in [9.17, 15) is 0 Å². The van der Waals surface area contributed by atoms with E-state index in [1.165, 1.54) is 36.5 Å². The van der Waals surface area contributed by atoms with Gasteiger partial charge >= 0.3 is 0 Å². The van der Waals surface area contributed by atoms with Crippen molar-refractivity contribution in [2.75, 3.05) is 6.54 Å². The summed E-state index contributed by atoms with van der Waals surface area (Å²) in [6.45, 7) is 5.76. The van der Waals surface area contributed by atoms with Gasteiger partial charge in [0.25, 0.3) is 0 Å². The number of rotatable bonds is 3. The van der Waals surface area contributed by atoms with Gasteiger partial charge < -0.3 is 5.32 Å². The second-order valence-electron chi connectivity index (χ2n) is 6.24. The van der Waals surface area contributed by atoms with Gasteiger partial charge in [0.1, 0.15) is 0 Å². The van der Waals surface area contributed by atoms with Crippen LogP contribution >= 0.6 is 0 Å². The van der Waals surface area contributed by atoms with Crippen LogP contribution < -0.4 is 5.32 Å². The minimum atomic E-state index is 0.534. The summed E-state index contributed by atoms with van der Waals surface area (Å²) in [6, 6.07) is 14.0. The number of fused-ring (bicyclic) bond motifs is 3. The third kappa shape index (κ3) is 2.60. The summed E-state index contributed by atoms with van der Waals surface area (Å²) in [7, 11) is 0. The zero-order valence-corrected chi connectivity index (χ0v) is 12.7. The molecule has 0 amide bonds. The summed E-state index contributed by atoms with van der Waals surface area (Å²) in [4.78, 5) is 0. The molecule has 3 rings (SSSR count). The lowest BCUT2D eigenvalue weighted by Gasteiger charge is -2.21. The van der Waals surface area contributed by atoms with Crippen LogP contribution in [0.3, 0.4) is 0 Å². The molecule has 1 aliphatic rings. The van der Waals surface area contributed by atoms with Crippen LogP contribution in [0.25, 0.3) is 10.8 Å². The maximum Gasteiger partial charge on any atom is 0.0325 e. The molecule has 0 saturated heterocycles. The molecule has 0 aromatic heterocycles. The van der Waals surface area contributed by atoms with Gasteiger partial charge in [0, 0.05) is 6.04 Å². The molecule has 0 spiro atoms. The molecule has 1 heteroatoms. The number of benzene rings is 2. The average molecular weight is 267 g/mol. The lowest BCUT2D eigenvalue weighted by molar-refractivity contribution is 0.409. The number of hydrogen-bond acceptors (Lipinski definition) is 1. The summed E-state index contributed by atoms with van der Waals surface area (Å²) < 4.78 is 0. The van der Waals surface area contributed by atoms with Crippen molar-refractivity contribution in [1.82, 2.24) is 5.32 Å². The highest BCUT2D eigenvalue weighted by Crippen LogP contribution is 2.35. The number of aryl methyl sites for hydroxylation is 1. The van der Waals surface area contributed by atoms with Crippen molar-refractivity contribution in [1.29, 1.82) is 0 Å². The van der Waals surface area contributed by atoms with E-state index in [1.807, 2.05) is 0 Å². The van der Waals surface area contributed by atoms with E-state index >= 15 is 0 Å². The molecule has 2 aromatic carbocycles. The summed E-state index contributed by atoms with van der Waals surface area (Å²) in [5.74, 6) is 0.801. The van der Waals surface area contributed by atoms with E-state index < -0.39 is 0 Å². The zero-order valence-electron chi connectivity index (χ0n) is 12.7. The Balaban J connectivity index is 2.07. The number of nitrogens with one attached hydrogen (secondary N) is 1. The molecule has 0 heterocycles. The van der Waals surface area contributed by atoms with Gasteiger partial charge in [-0.15, -0.1) is 0 Å². The molecule has 2 atom stereocenters. The Bertz CT molecular complexity index is 587. The van der Waals surface area contributed by atoms with Gasteiger partial charge in [0.05, 0.1) is 0 Å². The second kappa shape index (κ2) is 5.97. The van der Waals surface area contributed by atoms with Crippen LogP contribution in [-0.4, -0.2) is 6.54 Å². The predicted octanol–water partition coefficient (Wildman–Crippen LogP) is 4.85. The third-order valence-electron chi connectivity index (χ3n) is 4.62. The monoisotopic (exact) mass is 267 g/mol. The molecule has 2 aromatic rings. The van der Waals surface area contributed by atoms with Crippen LogP contribution in [-0.2, 0) is 6.42 Å². The largest absolute Gasteiger partial charge is 0.310 e. The molecule has 2 unspecified atom stereocenters. The predicted molar refractivity (Wildman–Crippen MR) is 87.1 cm³/mol. The Morgan fingerprint density at radius 2 is 2.00 bits per heavy atom. The summed E-state index contributed by atoms with van der Waals surface area (Å²) >= 11 is 0. The standard InChI is InChI=1S/C19H25N/c1-3-12-20-19-13-14(2)8-10-17-16-7-5-4-6-15(16)9-11-18(17)19/h4-7,9,11,14,19-20H,3,8,10,12-13H2,1-2H3. The van der Waals surface area contributed by atoms with Gasteiger partial charge in [-0.25, -0.2) is 0 Å². The highest BCUT2D eigenvalue weighted by molar-refractivity contribution is 5.87. The lowest BCUT2D eigenvalue weighted by atomic mass is 9.93. The summed E-state index contributed by atoms with van der Waals surface area (Å²) in [5, 5.41) is 6.61. The van der Waals surface area contributed by atoms with Crippen molar-refractivity contribution in [2.45, 2.75) is 45.6 Å². The smallest absolute Gasteiger partial charge is 0.0325 e. The quantitative estimate of drug-likeness (QED) is 0.784. The van der Waals surface area contributed by atoms with Crippen LogP contribution in [0.15, 0.2) is 36.4 Å². The molecular formula is C19H25N. The molecule has 0 saturated carbocycles. The molecule has 0 aliphatic heterocycles. The van der Waals surface area contributed by atoms with Gasteiger partial charge in [-0.3, -0.25) is 0 Å². The average Bonchev–Trinajstić information content (AvgIpc) is 2.64. The van der Waals surface area contributed by atoms with Gasteiger partial charge in [0.2, 0.25) is 0 Å². The molecule has 1 N–H and O–H groups in total. The normalized spacial score (nSPS) is 22.5. The maximum absolute atomic E-state index is 3.76. The minimum Gasteiger partial charge on any atom is -0.310 e. The van der Waals surface area contributed by atoms with Crippen molar-refractivity contribution in [2.24, 2.45) is 5.92 Å². The second-order valence-corrected chi connectivity index (χ2v) is 6.24. The maximum atomic E-state index is 3.76. The molecule has 106 valence electrons. The molecule has 1 nitrogen and oxygen atoms in total. The van der Waals surface area contributed by atoms with Gasteiger partial charge in [-0.1, -0.05) is 50.2 Å². The van der Waals surface area contributed by atoms with Gasteiger partial charge in [-0.2, -0.15) is 0 Å². The van der Waals surface area contributed by atoms with E-state index in [4.69, 9.17) is 0 Å². The molecule has 0 fully saturated rings. The van der Waals surface area contributed by atoms with Crippen LogP contribution in [0, 0.1) is 5.92 Å². The van der Waals surface area contributed by atoms with Gasteiger partial charge in [0.15, 0.2) is 0 Å². The van der Waals surface area contributed by atoms with Crippen molar-refractivity contribution >= 4 is 10.8 Å². The highest BCUT2D eigenvalue weighted by Gasteiger charge is 2.23. The van der Waals surface area contributed by atoms with Crippen molar-refractivity contribution < 1.29 is 0 Å². The fraction of sp³-hybridized carbons (Fsp3) is 0.474. The van der Waals surface area contributed by atoms with Crippen LogP contribution in [0.5, 0.6) is 0 Å². The highest BCUT2D eigenvalue weighted by atomic mass is 14.9. The molecular weight excluding hydrogens is 242 g/mol. The molecule has 20 heavy (non-hydrogen) atoms. The van der Waals surface area contributed by atoms with E-state index in [0.717, 1.165) is 12.5 Å². The van der Waals surface area contributed by atoms with Crippen LogP contribution in [0.1, 0.15) is 50.3 Å². The summed E-state index contributed by atoms with van der Waals surface area (Å²) in [6.07, 6.45) is 5.01. The molecule has 0 bridgehead atoms. The van der Waals surface area contributed by atoms with Crippen molar-refractivity contribution in [3.8, 4) is 0 Å². The van der Waals surface area contributed by atoms with E-state index in [2.05, 4.69) is 55.6 Å². The van der Waals surface area contributed by atoms with Gasteiger partial charge in [-0.05, 0) is 60.0 Å². The molecule has 0 radical (unpaired) electrons. The summed E-state index contributed by atoms with van der Waals surface area (Å²) in [5.41, 5.74) is 3.13. The van der Waals surface area contributed by atoms with Crippen molar-refractivity contribution in [3.05, 3.63) is 47.5 Å². The first-order valence-electron chi connectivity index (χ1n) is 8.03. The fourth-order valence-electron chi connectivity index (χ4n) is 3.51. The Hall–Kier alpha value is -1.34. The fourth-order valence-corrected chi connectivity index (χ4v) is 3.51. The van der Waals surface area contributed by atoms with E-state index in [-0.39, 0.29) is 0 Å². The van der Waals surface area contributed by atoms with Crippen LogP contribution in [0.2, 0.25) is 0 Å². The first kappa shape index (κ1) is 13.6. The lowest BCUT2D eigenvalue weighted by Crippen LogP contribution is -2.23. The Morgan fingerprint density at radius 1 is 1.15 bits per heavy atom. The Morgan fingerprint density at radius 3 is 2.85 bits per heavy atom. The van der Waals surface area contributed by atoms with Crippen molar-refractivity contribution in [3.63, 3.8) is 0 Å². The number of hydrogen-bond donors (Lipinski definition) is 1. The Labute approximate surface area is 122 Å². The molecule has 1 aliphatic carbocycles. The topological polar surface area (TPSA) is 12.0 Å². The van der Waals surface area contributed by atoms with E-state index in [1.54, 1.807) is 11.1 Å². The minimum absolute atomic E-state index is 0.534. The first-order chi connectivity index (χ1) is 9.79.